The third-order valence-electron chi connectivity index (χ3n) is 6.53. The van der Waals surface area contributed by atoms with Gasteiger partial charge in [-0.1, -0.05) is 12.8 Å². The lowest BCUT2D eigenvalue weighted by Crippen LogP contribution is -2.41. The fourth-order valence-electron chi connectivity index (χ4n) is 4.68. The van der Waals surface area contributed by atoms with E-state index in [1.54, 1.807) is 13.2 Å². The normalized spacial score (nSPS) is 21.3. The highest BCUT2D eigenvalue weighted by Crippen LogP contribution is 2.41. The number of methoxy groups -OCH3 is 1. The third-order valence-corrected chi connectivity index (χ3v) is 6.53. The van der Waals surface area contributed by atoms with Crippen LogP contribution < -0.4 is 15.5 Å². The van der Waals surface area contributed by atoms with Crippen molar-refractivity contribution in [2.75, 3.05) is 51.3 Å². The third kappa shape index (κ3) is 6.06. The summed E-state index contributed by atoms with van der Waals surface area (Å²) in [5.74, 6) is -0.276. The van der Waals surface area contributed by atoms with Crippen molar-refractivity contribution >= 4 is 11.6 Å². The number of anilines is 1. The number of benzene rings is 1. The molecule has 2 aliphatic rings. The molecule has 0 spiro atoms. The van der Waals surface area contributed by atoms with Gasteiger partial charge in [0.25, 0.3) is 0 Å². The first-order valence-corrected chi connectivity index (χ1v) is 11.3. The minimum absolute atomic E-state index is 0.273. The summed E-state index contributed by atoms with van der Waals surface area (Å²) in [6.07, 6.45) is 7.10. The minimum Gasteiger partial charge on any atom is -0.385 e. The number of nitrogens with one attached hydrogen (secondary N) is 2. The number of rotatable bonds is 9. The molecule has 168 valence electrons. The lowest BCUT2D eigenvalue weighted by molar-refractivity contribution is 0.141. The van der Waals surface area contributed by atoms with Gasteiger partial charge < -0.3 is 20.3 Å². The Morgan fingerprint density at radius 1 is 1.23 bits per heavy atom. The molecule has 5 nitrogen and oxygen atoms in total. The molecule has 7 heteroatoms. The Bertz CT molecular complexity index is 706. The molecule has 1 atom stereocenters. The van der Waals surface area contributed by atoms with E-state index in [1.165, 1.54) is 37.8 Å². The van der Waals surface area contributed by atoms with Crippen LogP contribution >= 0.6 is 0 Å². The van der Waals surface area contributed by atoms with Gasteiger partial charge in [0.1, 0.15) is 0 Å². The molecule has 0 radical (unpaired) electrons. The Labute approximate surface area is 179 Å². The van der Waals surface area contributed by atoms with Gasteiger partial charge in [-0.05, 0) is 56.1 Å². The van der Waals surface area contributed by atoms with Crippen LogP contribution in [0.5, 0.6) is 0 Å². The second-order valence-electron chi connectivity index (χ2n) is 8.73. The molecule has 2 N–H and O–H groups in total. The molecule has 30 heavy (non-hydrogen) atoms. The molecule has 1 aromatic rings. The number of hydrogen-bond donors (Lipinski definition) is 2. The van der Waals surface area contributed by atoms with Crippen molar-refractivity contribution in [3.63, 3.8) is 0 Å². The van der Waals surface area contributed by atoms with Crippen molar-refractivity contribution in [2.24, 2.45) is 16.3 Å². The highest BCUT2D eigenvalue weighted by molar-refractivity contribution is 5.79. The maximum Gasteiger partial charge on any atom is 0.191 e. The summed E-state index contributed by atoms with van der Waals surface area (Å²) in [6.45, 7) is 7.02. The molecular weight excluding hydrogens is 386 g/mol. The molecule has 1 saturated heterocycles. The number of halogens is 2. The molecule has 1 heterocycles. The van der Waals surface area contributed by atoms with E-state index in [0.29, 0.717) is 5.92 Å². The van der Waals surface area contributed by atoms with E-state index in [-0.39, 0.29) is 5.41 Å². The van der Waals surface area contributed by atoms with Gasteiger partial charge in [0.2, 0.25) is 0 Å². The highest BCUT2D eigenvalue weighted by atomic mass is 19.2. The summed E-state index contributed by atoms with van der Waals surface area (Å²) in [5.41, 5.74) is 1.02. The van der Waals surface area contributed by atoms with Gasteiger partial charge in [0.15, 0.2) is 17.6 Å². The largest absolute Gasteiger partial charge is 0.385 e. The van der Waals surface area contributed by atoms with E-state index < -0.39 is 11.6 Å². The average molecular weight is 423 g/mol. The van der Waals surface area contributed by atoms with E-state index in [0.717, 1.165) is 63.8 Å². The van der Waals surface area contributed by atoms with Crippen LogP contribution in [0.25, 0.3) is 0 Å². The van der Waals surface area contributed by atoms with Gasteiger partial charge in [-0.3, -0.25) is 4.99 Å². The summed E-state index contributed by atoms with van der Waals surface area (Å²) in [5, 5.41) is 6.86. The standard InChI is InChI=1S/C23H36F2N4O/c1-3-26-22(28-17-23(11-13-30-2)9-4-5-10-23)27-15-18-8-12-29(16-18)19-6-7-20(24)21(25)14-19/h6-7,14,18H,3-5,8-13,15-17H2,1-2H3,(H2,26,27,28). The zero-order chi connectivity index (χ0) is 21.4. The summed E-state index contributed by atoms with van der Waals surface area (Å²) in [6, 6.07) is 4.15. The minimum atomic E-state index is -0.798. The molecule has 2 fully saturated rings. The van der Waals surface area contributed by atoms with Gasteiger partial charge in [-0.15, -0.1) is 0 Å². The van der Waals surface area contributed by atoms with Gasteiger partial charge in [-0.25, -0.2) is 8.78 Å². The quantitative estimate of drug-likeness (QED) is 0.467. The lowest BCUT2D eigenvalue weighted by Gasteiger charge is -2.27. The van der Waals surface area contributed by atoms with Crippen LogP contribution in [-0.4, -0.2) is 52.4 Å². The fraction of sp³-hybridized carbons (Fsp3) is 0.696. The van der Waals surface area contributed by atoms with Crippen LogP contribution in [0.15, 0.2) is 23.2 Å². The van der Waals surface area contributed by atoms with Gasteiger partial charge >= 0.3 is 0 Å². The van der Waals surface area contributed by atoms with E-state index >= 15 is 0 Å². The van der Waals surface area contributed by atoms with Crippen molar-refractivity contribution in [2.45, 2.75) is 45.4 Å². The monoisotopic (exact) mass is 422 g/mol. The van der Waals surface area contributed by atoms with E-state index in [1.807, 2.05) is 0 Å². The first-order chi connectivity index (χ1) is 14.5. The second kappa shape index (κ2) is 10.9. The van der Waals surface area contributed by atoms with Crippen LogP contribution in [0.4, 0.5) is 14.5 Å². The maximum absolute atomic E-state index is 13.5. The van der Waals surface area contributed by atoms with E-state index in [4.69, 9.17) is 9.73 Å². The summed E-state index contributed by atoms with van der Waals surface area (Å²) in [7, 11) is 1.77. The molecule has 1 aromatic carbocycles. The maximum atomic E-state index is 13.5. The highest BCUT2D eigenvalue weighted by Gasteiger charge is 2.33. The molecular formula is C23H36F2N4O. The Morgan fingerprint density at radius 2 is 2.03 bits per heavy atom. The lowest BCUT2D eigenvalue weighted by atomic mass is 9.83. The predicted molar refractivity (Wildman–Crippen MR) is 118 cm³/mol. The smallest absolute Gasteiger partial charge is 0.191 e. The molecule has 1 aliphatic carbocycles. The zero-order valence-electron chi connectivity index (χ0n) is 18.4. The fourth-order valence-corrected chi connectivity index (χ4v) is 4.68. The first kappa shape index (κ1) is 22.8. The van der Waals surface area contributed by atoms with Crippen LogP contribution in [-0.2, 0) is 4.74 Å². The molecule has 0 amide bonds. The van der Waals surface area contributed by atoms with Crippen molar-refractivity contribution in [3.05, 3.63) is 29.8 Å². The number of hydrogen-bond acceptors (Lipinski definition) is 3. The Kier molecular flexibility index (Phi) is 8.31. The van der Waals surface area contributed by atoms with Crippen LogP contribution in [0.1, 0.15) is 45.4 Å². The van der Waals surface area contributed by atoms with E-state index in [2.05, 4.69) is 22.5 Å². The predicted octanol–water partition coefficient (Wildman–Crippen LogP) is 3.94. The topological polar surface area (TPSA) is 48.9 Å². The average Bonchev–Trinajstić information content (AvgIpc) is 3.41. The number of aliphatic imine (C=N–C) groups is 1. The Morgan fingerprint density at radius 3 is 2.73 bits per heavy atom. The second-order valence-corrected chi connectivity index (χ2v) is 8.73. The SMILES string of the molecule is CCNC(=NCC1(CCOC)CCCC1)NCC1CCN(c2ccc(F)c(F)c2)C1. The number of ether oxygens (including phenoxy) is 1. The summed E-state index contributed by atoms with van der Waals surface area (Å²) >= 11 is 0. The van der Waals surface area contributed by atoms with Gasteiger partial charge in [0, 0.05) is 58.2 Å². The van der Waals surface area contributed by atoms with E-state index in [9.17, 15) is 8.78 Å². The Hall–Kier alpha value is -1.89. The van der Waals surface area contributed by atoms with Crippen LogP contribution in [0, 0.1) is 23.0 Å². The molecule has 3 rings (SSSR count). The molecule has 1 saturated carbocycles. The molecule has 1 unspecified atom stereocenters. The summed E-state index contributed by atoms with van der Waals surface area (Å²) in [4.78, 5) is 7.04. The van der Waals surface area contributed by atoms with Crippen molar-refractivity contribution in [3.8, 4) is 0 Å². The molecule has 0 bridgehead atoms. The van der Waals surface area contributed by atoms with Crippen molar-refractivity contribution in [1.29, 1.82) is 0 Å². The van der Waals surface area contributed by atoms with Crippen LogP contribution in [0.2, 0.25) is 0 Å². The number of nitrogens with zero attached hydrogens (tertiary/aromatic N) is 2. The molecule has 1 aliphatic heterocycles. The first-order valence-electron chi connectivity index (χ1n) is 11.3. The summed E-state index contributed by atoms with van der Waals surface area (Å²) < 4.78 is 32.1. The zero-order valence-corrected chi connectivity index (χ0v) is 18.4. The molecule has 0 aromatic heterocycles. The van der Waals surface area contributed by atoms with Gasteiger partial charge in [0.05, 0.1) is 0 Å². The Balaban J connectivity index is 1.53. The van der Waals surface area contributed by atoms with Crippen molar-refractivity contribution < 1.29 is 13.5 Å². The van der Waals surface area contributed by atoms with Gasteiger partial charge in [-0.2, -0.15) is 0 Å². The van der Waals surface area contributed by atoms with Crippen molar-refractivity contribution in [1.82, 2.24) is 10.6 Å². The van der Waals surface area contributed by atoms with Crippen LogP contribution in [0.3, 0.4) is 0 Å². The number of guanidine groups is 1.